The maximum absolute atomic E-state index is 6.05. The molecule has 3 heteroatoms. The fraction of sp³-hybridized carbons (Fsp3) is 0.483. The van der Waals surface area contributed by atoms with Crippen LogP contribution in [-0.4, -0.2) is 19.8 Å². The Bertz CT molecular complexity index is 2110. The molecule has 0 spiro atoms. The number of hydrogen-bond donors (Lipinski definition) is 1. The number of ether oxygens (including phenoxy) is 2. The highest BCUT2D eigenvalue weighted by molar-refractivity contribution is 5.84. The third-order valence-corrected chi connectivity index (χ3v) is 14.6. The third-order valence-electron chi connectivity index (χ3n) is 14.6. The average molecular weight is 818 g/mol. The van der Waals surface area contributed by atoms with Crippen molar-refractivity contribution in [2.75, 3.05) is 25.1 Å². The van der Waals surface area contributed by atoms with E-state index in [0.717, 1.165) is 30.3 Å². The van der Waals surface area contributed by atoms with Crippen molar-refractivity contribution < 1.29 is 9.47 Å². The van der Waals surface area contributed by atoms with Crippen LogP contribution in [-0.2, 0) is 15.6 Å². The molecule has 0 saturated carbocycles. The molecule has 0 amide bonds. The van der Waals surface area contributed by atoms with E-state index in [4.69, 9.17) is 9.47 Å². The van der Waals surface area contributed by atoms with E-state index in [2.05, 4.69) is 156 Å². The Balaban J connectivity index is 1.11. The van der Waals surface area contributed by atoms with Crippen molar-refractivity contribution in [3.8, 4) is 39.1 Å². The van der Waals surface area contributed by atoms with Crippen LogP contribution in [0.5, 0.6) is 5.75 Å². The number of unbranched alkanes of at least 4 members (excludes halogenated alkanes) is 10. The molecule has 1 aliphatic carbocycles. The van der Waals surface area contributed by atoms with E-state index in [1.165, 1.54) is 142 Å². The Morgan fingerprint density at radius 2 is 1.00 bits per heavy atom. The molecule has 1 saturated heterocycles. The molecule has 0 aromatic heterocycles. The van der Waals surface area contributed by atoms with Gasteiger partial charge in [0.05, 0.1) is 19.8 Å². The van der Waals surface area contributed by atoms with Gasteiger partial charge in [0.2, 0.25) is 0 Å². The summed E-state index contributed by atoms with van der Waals surface area (Å²) in [6.07, 6.45) is 20.8. The number of rotatable bonds is 24. The van der Waals surface area contributed by atoms with Crippen LogP contribution in [0.25, 0.3) is 33.4 Å². The number of anilines is 2. The molecule has 1 heterocycles. The number of hydrogen-bond acceptors (Lipinski definition) is 3. The van der Waals surface area contributed by atoms with Gasteiger partial charge in [0.1, 0.15) is 5.75 Å². The predicted octanol–water partition coefficient (Wildman–Crippen LogP) is 17.0. The van der Waals surface area contributed by atoms with Crippen LogP contribution >= 0.6 is 0 Å². The van der Waals surface area contributed by atoms with Gasteiger partial charge in [-0.3, -0.25) is 0 Å². The second-order valence-electron chi connectivity index (χ2n) is 19.3. The highest BCUT2D eigenvalue weighted by Gasteiger charge is 2.43. The zero-order valence-corrected chi connectivity index (χ0v) is 38.6. The maximum Gasteiger partial charge on any atom is 0.119 e. The lowest BCUT2D eigenvalue weighted by molar-refractivity contribution is -0.120. The molecule has 0 bridgehead atoms. The molecule has 61 heavy (non-hydrogen) atoms. The summed E-state index contributed by atoms with van der Waals surface area (Å²) >= 11 is 0. The molecular weight excluding hydrogens is 743 g/mol. The van der Waals surface area contributed by atoms with Crippen LogP contribution in [0.1, 0.15) is 161 Å². The lowest BCUT2D eigenvalue weighted by atomic mass is 9.68. The van der Waals surface area contributed by atoms with Crippen LogP contribution in [0, 0.1) is 5.41 Å². The smallest absolute Gasteiger partial charge is 0.119 e. The normalized spacial score (nSPS) is 14.9. The van der Waals surface area contributed by atoms with Crippen LogP contribution in [0.15, 0.2) is 109 Å². The van der Waals surface area contributed by atoms with Crippen molar-refractivity contribution >= 4 is 11.4 Å². The minimum Gasteiger partial charge on any atom is -0.493 e. The number of nitrogens with one attached hydrogen (secondary N) is 1. The van der Waals surface area contributed by atoms with Crippen molar-refractivity contribution in [3.63, 3.8) is 0 Å². The number of benzene rings is 5. The highest BCUT2D eigenvalue weighted by Crippen LogP contribution is 2.56. The monoisotopic (exact) mass is 818 g/mol. The number of fused-ring (bicyclic) bond motifs is 3. The molecule has 5 aromatic carbocycles. The second-order valence-corrected chi connectivity index (χ2v) is 19.3. The maximum atomic E-state index is 6.05. The molecule has 1 fully saturated rings. The topological polar surface area (TPSA) is 30.5 Å². The van der Waals surface area contributed by atoms with Crippen molar-refractivity contribution in [1.82, 2.24) is 0 Å². The summed E-state index contributed by atoms with van der Waals surface area (Å²) < 4.78 is 11.4. The average Bonchev–Trinajstić information content (AvgIpc) is 3.55. The van der Waals surface area contributed by atoms with Crippen LogP contribution < -0.4 is 10.1 Å². The Kier molecular flexibility index (Phi) is 15.2. The predicted molar refractivity (Wildman–Crippen MR) is 262 cm³/mol. The molecule has 0 atom stereocenters. The van der Waals surface area contributed by atoms with E-state index in [9.17, 15) is 0 Å². The highest BCUT2D eigenvalue weighted by atomic mass is 16.5. The van der Waals surface area contributed by atoms with Crippen LogP contribution in [0.4, 0.5) is 11.4 Å². The zero-order valence-electron chi connectivity index (χ0n) is 38.6. The third kappa shape index (κ3) is 10.5. The molecule has 0 unspecified atom stereocenters. The zero-order chi connectivity index (χ0) is 42.7. The first kappa shape index (κ1) is 44.7. The van der Waals surface area contributed by atoms with Gasteiger partial charge in [-0.1, -0.05) is 185 Å². The fourth-order valence-corrected chi connectivity index (χ4v) is 9.98. The second kappa shape index (κ2) is 20.7. The Labute approximate surface area is 370 Å². The molecular formula is C58H75NO2. The van der Waals surface area contributed by atoms with Gasteiger partial charge in [-0.05, 0) is 124 Å². The fourth-order valence-electron chi connectivity index (χ4n) is 9.98. The van der Waals surface area contributed by atoms with E-state index in [1.807, 2.05) is 0 Å². The summed E-state index contributed by atoms with van der Waals surface area (Å²) in [6.45, 7) is 16.3. The van der Waals surface area contributed by atoms with Gasteiger partial charge in [0, 0.05) is 22.2 Å². The molecule has 3 nitrogen and oxygen atoms in total. The molecule has 324 valence electrons. The van der Waals surface area contributed by atoms with Gasteiger partial charge < -0.3 is 14.8 Å². The van der Waals surface area contributed by atoms with E-state index < -0.39 is 0 Å². The Hall–Kier alpha value is -4.34. The SMILES string of the molecule is CCCCCCCCC1(CCCCCCCC)c2cc(-c3ccc(Nc4ccc(-c5ccc(OCC6(C)COC6)cc5)cc4)cc3)ccc2-c2ccc(C(C)(CC)CC)cc21. The van der Waals surface area contributed by atoms with Crippen molar-refractivity contribution in [2.24, 2.45) is 5.41 Å². The molecule has 7 rings (SSSR count). The van der Waals surface area contributed by atoms with Crippen LogP contribution in [0.3, 0.4) is 0 Å². The first-order valence-electron chi connectivity index (χ1n) is 24.3. The summed E-state index contributed by atoms with van der Waals surface area (Å²) in [4.78, 5) is 0. The molecule has 0 radical (unpaired) electrons. The van der Waals surface area contributed by atoms with Gasteiger partial charge in [0.25, 0.3) is 0 Å². The van der Waals surface area contributed by atoms with Gasteiger partial charge in [-0.2, -0.15) is 0 Å². The molecule has 1 aliphatic heterocycles. The minimum atomic E-state index is 0.0575. The van der Waals surface area contributed by atoms with E-state index in [0.29, 0.717) is 6.61 Å². The first-order chi connectivity index (χ1) is 29.7. The largest absolute Gasteiger partial charge is 0.493 e. The van der Waals surface area contributed by atoms with Gasteiger partial charge >= 0.3 is 0 Å². The van der Waals surface area contributed by atoms with E-state index in [-0.39, 0.29) is 16.2 Å². The quantitative estimate of drug-likeness (QED) is 0.0629. The summed E-state index contributed by atoms with van der Waals surface area (Å²) in [6, 6.07) is 41.4. The molecule has 2 aliphatic rings. The Morgan fingerprint density at radius 3 is 1.51 bits per heavy atom. The van der Waals surface area contributed by atoms with Crippen LogP contribution in [0.2, 0.25) is 0 Å². The van der Waals surface area contributed by atoms with Crippen molar-refractivity contribution in [2.45, 2.75) is 155 Å². The first-order valence-corrected chi connectivity index (χ1v) is 24.3. The van der Waals surface area contributed by atoms with Crippen molar-refractivity contribution in [3.05, 3.63) is 126 Å². The standard InChI is InChI=1S/C58H75NO2/c1-7-11-13-15-17-19-37-58(38-20-18-16-14-12-8-2)54-39-47(27-35-52(54)53-36-28-48(40-55(53)58)57(6,9-3)10-4)46-23-31-50(32-24-46)59-49-29-21-44(22-30-49)45-25-33-51(34-26-45)61-43-56(5)41-60-42-56/h21-36,39-40,59H,7-20,37-38,41-43H2,1-6H3. The van der Waals surface area contributed by atoms with E-state index in [1.54, 1.807) is 11.1 Å². The lowest BCUT2D eigenvalue weighted by Crippen LogP contribution is -2.44. The van der Waals surface area contributed by atoms with Gasteiger partial charge in [-0.25, -0.2) is 0 Å². The van der Waals surface area contributed by atoms with E-state index >= 15 is 0 Å². The molecule has 5 aromatic rings. The Morgan fingerprint density at radius 1 is 0.541 bits per heavy atom. The van der Waals surface area contributed by atoms with Gasteiger partial charge in [-0.15, -0.1) is 0 Å². The summed E-state index contributed by atoms with van der Waals surface area (Å²) in [5.74, 6) is 0.907. The minimum absolute atomic E-state index is 0.0575. The summed E-state index contributed by atoms with van der Waals surface area (Å²) in [7, 11) is 0. The van der Waals surface area contributed by atoms with Crippen molar-refractivity contribution in [1.29, 1.82) is 0 Å². The lowest BCUT2D eigenvalue weighted by Gasteiger charge is -2.37. The summed E-state index contributed by atoms with van der Waals surface area (Å²) in [5, 5.41) is 3.66. The van der Waals surface area contributed by atoms with Gasteiger partial charge in [0.15, 0.2) is 0 Å². The molecule has 1 N–H and O–H groups in total. The summed E-state index contributed by atoms with van der Waals surface area (Å²) in [5.41, 5.74) is 15.2.